The molecule has 2 fully saturated rings. The van der Waals surface area contributed by atoms with Crippen molar-refractivity contribution in [3.8, 4) is 0 Å². The molecule has 0 aromatic carbocycles. The Balaban J connectivity index is 0.00000128. The molecule has 1 saturated carbocycles. The van der Waals surface area contributed by atoms with E-state index in [2.05, 4.69) is 24.5 Å². The van der Waals surface area contributed by atoms with Gasteiger partial charge in [0, 0.05) is 6.54 Å². The van der Waals surface area contributed by atoms with Gasteiger partial charge in [-0.05, 0) is 37.1 Å². The summed E-state index contributed by atoms with van der Waals surface area (Å²) in [7, 11) is 0. The lowest BCUT2D eigenvalue weighted by atomic mass is 10.0. The van der Waals surface area contributed by atoms with Gasteiger partial charge in [0.2, 0.25) is 5.91 Å². The number of piperidine rings is 1. The van der Waals surface area contributed by atoms with Crippen molar-refractivity contribution >= 4 is 18.3 Å². The van der Waals surface area contributed by atoms with Gasteiger partial charge in [0.05, 0.1) is 6.04 Å². The van der Waals surface area contributed by atoms with Crippen molar-refractivity contribution in [3.63, 3.8) is 0 Å². The zero-order valence-electron chi connectivity index (χ0n) is 10.2. The third kappa shape index (κ3) is 3.36. The highest BCUT2D eigenvalue weighted by Crippen LogP contribution is 2.50. The van der Waals surface area contributed by atoms with Gasteiger partial charge in [-0.2, -0.15) is 0 Å². The SMILES string of the molecule is CC1(C)CC1CNC(=O)C1CCCCN1.Cl. The number of halogens is 1. The predicted octanol–water partition coefficient (Wildman–Crippen LogP) is 1.71. The van der Waals surface area contributed by atoms with Crippen molar-refractivity contribution in [3.05, 3.63) is 0 Å². The zero-order valence-corrected chi connectivity index (χ0v) is 11.0. The van der Waals surface area contributed by atoms with E-state index in [9.17, 15) is 4.79 Å². The average molecular weight is 247 g/mol. The number of rotatable bonds is 3. The molecule has 0 bridgehead atoms. The molecule has 1 aliphatic carbocycles. The van der Waals surface area contributed by atoms with Crippen LogP contribution in [0.1, 0.15) is 39.5 Å². The van der Waals surface area contributed by atoms with E-state index >= 15 is 0 Å². The van der Waals surface area contributed by atoms with Crippen LogP contribution in [0.25, 0.3) is 0 Å². The number of carbonyl (C=O) groups is 1. The summed E-state index contributed by atoms with van der Waals surface area (Å²) in [5, 5.41) is 6.34. The number of nitrogens with one attached hydrogen (secondary N) is 2. The average Bonchev–Trinajstić information content (AvgIpc) is 2.84. The third-order valence-electron chi connectivity index (χ3n) is 3.87. The van der Waals surface area contributed by atoms with Gasteiger partial charge in [0.15, 0.2) is 0 Å². The standard InChI is InChI=1S/C12H22N2O.ClH/c1-12(2)7-9(12)8-14-11(15)10-5-3-4-6-13-10;/h9-10,13H,3-8H2,1-2H3,(H,14,15);1H. The first kappa shape index (κ1) is 13.8. The maximum absolute atomic E-state index is 11.8. The molecule has 1 amide bonds. The lowest BCUT2D eigenvalue weighted by Crippen LogP contribution is -2.47. The van der Waals surface area contributed by atoms with Crippen LogP contribution in [0.3, 0.4) is 0 Å². The summed E-state index contributed by atoms with van der Waals surface area (Å²) in [5.41, 5.74) is 0.466. The topological polar surface area (TPSA) is 41.1 Å². The highest BCUT2D eigenvalue weighted by atomic mass is 35.5. The lowest BCUT2D eigenvalue weighted by Gasteiger charge is -2.22. The molecule has 0 radical (unpaired) electrons. The van der Waals surface area contributed by atoms with Crippen LogP contribution in [0.2, 0.25) is 0 Å². The van der Waals surface area contributed by atoms with E-state index in [1.165, 1.54) is 19.3 Å². The molecule has 0 spiro atoms. The Hall–Kier alpha value is -0.280. The van der Waals surface area contributed by atoms with Crippen LogP contribution in [0.4, 0.5) is 0 Å². The van der Waals surface area contributed by atoms with Gasteiger partial charge in [0.25, 0.3) is 0 Å². The second-order valence-electron chi connectivity index (χ2n) is 5.64. The Labute approximate surface area is 104 Å². The minimum atomic E-state index is 0. The first-order valence-corrected chi connectivity index (χ1v) is 6.11. The Morgan fingerprint density at radius 2 is 2.12 bits per heavy atom. The Morgan fingerprint density at radius 3 is 2.62 bits per heavy atom. The number of amides is 1. The van der Waals surface area contributed by atoms with Gasteiger partial charge in [-0.3, -0.25) is 4.79 Å². The van der Waals surface area contributed by atoms with Crippen LogP contribution in [-0.2, 0) is 4.79 Å². The van der Waals surface area contributed by atoms with Crippen molar-refractivity contribution in [1.29, 1.82) is 0 Å². The van der Waals surface area contributed by atoms with Crippen molar-refractivity contribution < 1.29 is 4.79 Å². The van der Waals surface area contributed by atoms with Crippen LogP contribution in [0, 0.1) is 11.3 Å². The van der Waals surface area contributed by atoms with Crippen LogP contribution in [0.5, 0.6) is 0 Å². The summed E-state index contributed by atoms with van der Waals surface area (Å²) < 4.78 is 0. The van der Waals surface area contributed by atoms with E-state index in [0.717, 1.165) is 19.5 Å². The minimum Gasteiger partial charge on any atom is -0.354 e. The Morgan fingerprint density at radius 1 is 1.44 bits per heavy atom. The molecular weight excluding hydrogens is 224 g/mol. The molecule has 0 aromatic heterocycles. The maximum atomic E-state index is 11.8. The summed E-state index contributed by atoms with van der Waals surface area (Å²) in [5.74, 6) is 0.905. The van der Waals surface area contributed by atoms with E-state index in [1.807, 2.05) is 0 Å². The largest absolute Gasteiger partial charge is 0.354 e. The number of hydrogen-bond acceptors (Lipinski definition) is 2. The predicted molar refractivity (Wildman–Crippen MR) is 67.8 cm³/mol. The van der Waals surface area contributed by atoms with E-state index in [0.29, 0.717) is 11.3 Å². The lowest BCUT2D eigenvalue weighted by molar-refractivity contribution is -0.123. The molecule has 94 valence electrons. The Kier molecular flexibility index (Phi) is 4.62. The highest BCUT2D eigenvalue weighted by molar-refractivity contribution is 5.85. The van der Waals surface area contributed by atoms with Crippen LogP contribution < -0.4 is 10.6 Å². The molecule has 1 heterocycles. The van der Waals surface area contributed by atoms with Crippen molar-refractivity contribution in [1.82, 2.24) is 10.6 Å². The van der Waals surface area contributed by atoms with Crippen LogP contribution in [0.15, 0.2) is 0 Å². The van der Waals surface area contributed by atoms with E-state index in [4.69, 9.17) is 0 Å². The zero-order chi connectivity index (χ0) is 10.9. The van der Waals surface area contributed by atoms with Crippen molar-refractivity contribution in [2.24, 2.45) is 11.3 Å². The monoisotopic (exact) mass is 246 g/mol. The molecule has 2 atom stereocenters. The van der Waals surface area contributed by atoms with E-state index < -0.39 is 0 Å². The minimum absolute atomic E-state index is 0. The maximum Gasteiger partial charge on any atom is 0.237 e. The summed E-state index contributed by atoms with van der Waals surface area (Å²) in [4.78, 5) is 11.8. The molecule has 3 nitrogen and oxygen atoms in total. The smallest absolute Gasteiger partial charge is 0.237 e. The van der Waals surface area contributed by atoms with Crippen LogP contribution >= 0.6 is 12.4 Å². The third-order valence-corrected chi connectivity index (χ3v) is 3.87. The second-order valence-corrected chi connectivity index (χ2v) is 5.64. The van der Waals surface area contributed by atoms with E-state index in [-0.39, 0.29) is 24.4 Å². The second kappa shape index (κ2) is 5.37. The molecular formula is C12H23ClN2O. The van der Waals surface area contributed by atoms with E-state index in [1.54, 1.807) is 0 Å². The molecule has 2 rings (SSSR count). The van der Waals surface area contributed by atoms with Gasteiger partial charge < -0.3 is 10.6 Å². The van der Waals surface area contributed by atoms with Gasteiger partial charge in [-0.25, -0.2) is 0 Å². The molecule has 2 aliphatic rings. The fourth-order valence-electron chi connectivity index (χ4n) is 2.35. The normalized spacial score (nSPS) is 31.4. The molecule has 1 saturated heterocycles. The summed E-state index contributed by atoms with van der Waals surface area (Å²) in [6, 6.07) is 0.0700. The fraction of sp³-hybridized carbons (Fsp3) is 0.917. The molecule has 0 aromatic rings. The summed E-state index contributed by atoms with van der Waals surface area (Å²) in [6.07, 6.45) is 4.64. The van der Waals surface area contributed by atoms with Gasteiger partial charge in [0.1, 0.15) is 0 Å². The molecule has 16 heavy (non-hydrogen) atoms. The molecule has 1 aliphatic heterocycles. The molecule has 2 unspecified atom stereocenters. The van der Waals surface area contributed by atoms with Crippen LogP contribution in [-0.4, -0.2) is 25.0 Å². The number of hydrogen-bond donors (Lipinski definition) is 2. The first-order chi connectivity index (χ1) is 7.09. The van der Waals surface area contributed by atoms with Crippen molar-refractivity contribution in [2.45, 2.75) is 45.6 Å². The quantitative estimate of drug-likeness (QED) is 0.796. The van der Waals surface area contributed by atoms with Gasteiger partial charge in [-0.15, -0.1) is 12.4 Å². The molecule has 2 N–H and O–H groups in total. The number of carbonyl (C=O) groups excluding carboxylic acids is 1. The van der Waals surface area contributed by atoms with Gasteiger partial charge in [-0.1, -0.05) is 20.3 Å². The van der Waals surface area contributed by atoms with Gasteiger partial charge >= 0.3 is 0 Å². The Bertz CT molecular complexity index is 249. The first-order valence-electron chi connectivity index (χ1n) is 6.11. The fourth-order valence-corrected chi connectivity index (χ4v) is 2.35. The molecule has 4 heteroatoms. The summed E-state index contributed by atoms with van der Waals surface area (Å²) >= 11 is 0. The summed E-state index contributed by atoms with van der Waals surface area (Å²) in [6.45, 7) is 6.39. The highest BCUT2D eigenvalue weighted by Gasteiger charge is 2.45. The van der Waals surface area contributed by atoms with Crippen molar-refractivity contribution in [2.75, 3.05) is 13.1 Å².